The van der Waals surface area contributed by atoms with Crippen LogP contribution in [0.5, 0.6) is 0 Å². The van der Waals surface area contributed by atoms with Gasteiger partial charge in [0.05, 0.1) is 5.56 Å². The zero-order chi connectivity index (χ0) is 14.3. The van der Waals surface area contributed by atoms with Crippen molar-refractivity contribution in [3.63, 3.8) is 0 Å². The summed E-state index contributed by atoms with van der Waals surface area (Å²) in [6.07, 6.45) is 1.34. The number of aliphatic carboxylic acids is 1. The van der Waals surface area contributed by atoms with Crippen LogP contribution in [0.2, 0.25) is 5.15 Å². The Bertz CT molecular complexity index is 406. The minimum absolute atomic E-state index is 0.0208. The Morgan fingerprint density at radius 1 is 1.39 bits per heavy atom. The number of halogens is 1. The van der Waals surface area contributed by atoms with Crippen molar-refractivity contribution >= 4 is 23.5 Å². The highest BCUT2D eigenvalue weighted by Gasteiger charge is 2.14. The van der Waals surface area contributed by atoms with E-state index in [0.29, 0.717) is 10.7 Å². The number of carboxylic acid groups (broad SMARTS) is 1. The van der Waals surface area contributed by atoms with Crippen molar-refractivity contribution in [2.24, 2.45) is 17.4 Å². The first-order valence-electron chi connectivity index (χ1n) is 5.15. The molecule has 100 valence electrons. The van der Waals surface area contributed by atoms with Crippen LogP contribution in [-0.2, 0) is 4.79 Å². The average molecular weight is 274 g/mol. The molecule has 0 spiro atoms. The number of hydrogen-bond donors (Lipinski definition) is 3. The summed E-state index contributed by atoms with van der Waals surface area (Å²) in [5, 5.41) is 8.58. The average Bonchev–Trinajstić information content (AvgIpc) is 2.29. The molecule has 1 aromatic heterocycles. The van der Waals surface area contributed by atoms with E-state index >= 15 is 0 Å². The number of primary amides is 1. The van der Waals surface area contributed by atoms with Crippen LogP contribution >= 0.6 is 11.6 Å². The molecule has 0 unspecified atom stereocenters. The molecule has 1 atom stereocenters. The van der Waals surface area contributed by atoms with Gasteiger partial charge in [-0.2, -0.15) is 0 Å². The zero-order valence-corrected chi connectivity index (χ0v) is 10.9. The summed E-state index contributed by atoms with van der Waals surface area (Å²) < 4.78 is 0. The minimum Gasteiger partial charge on any atom is -0.480 e. The van der Waals surface area contributed by atoms with Gasteiger partial charge in [0, 0.05) is 6.20 Å². The summed E-state index contributed by atoms with van der Waals surface area (Å²) >= 11 is 5.45. The molecule has 6 nitrogen and oxygen atoms in total. The third kappa shape index (κ3) is 6.17. The molecule has 1 heterocycles. The normalized spacial score (nSPS) is 11.4. The fraction of sp³-hybridized carbons (Fsp3) is 0.364. The van der Waals surface area contributed by atoms with Crippen molar-refractivity contribution in [2.45, 2.75) is 19.9 Å². The maximum absolute atomic E-state index is 10.5. The van der Waals surface area contributed by atoms with Gasteiger partial charge in [-0.3, -0.25) is 9.59 Å². The number of aromatic nitrogens is 1. The first-order chi connectivity index (χ1) is 8.25. The quantitative estimate of drug-likeness (QED) is 0.707. The van der Waals surface area contributed by atoms with Gasteiger partial charge in [-0.15, -0.1) is 0 Å². The van der Waals surface area contributed by atoms with Gasteiger partial charge >= 0.3 is 5.97 Å². The van der Waals surface area contributed by atoms with Crippen molar-refractivity contribution in [2.75, 3.05) is 0 Å². The third-order valence-electron chi connectivity index (χ3n) is 2.02. The van der Waals surface area contributed by atoms with Crippen LogP contribution in [0.4, 0.5) is 0 Å². The number of carbonyl (C=O) groups is 2. The molecule has 0 bridgehead atoms. The molecule has 18 heavy (non-hydrogen) atoms. The van der Waals surface area contributed by atoms with Gasteiger partial charge in [0.25, 0.3) is 0 Å². The van der Waals surface area contributed by atoms with Crippen LogP contribution < -0.4 is 11.5 Å². The number of carbonyl (C=O) groups excluding carboxylic acids is 1. The molecule has 0 aliphatic heterocycles. The second kappa shape index (κ2) is 7.62. The highest BCUT2D eigenvalue weighted by Crippen LogP contribution is 2.03. The molecular weight excluding hydrogens is 258 g/mol. The Morgan fingerprint density at radius 3 is 2.17 bits per heavy atom. The number of pyridine rings is 1. The van der Waals surface area contributed by atoms with Crippen LogP contribution in [0.3, 0.4) is 0 Å². The van der Waals surface area contributed by atoms with Crippen molar-refractivity contribution < 1.29 is 14.7 Å². The largest absolute Gasteiger partial charge is 0.480 e. The number of amides is 1. The van der Waals surface area contributed by atoms with E-state index in [0.717, 1.165) is 0 Å². The summed E-state index contributed by atoms with van der Waals surface area (Å²) in [4.78, 5) is 24.1. The van der Waals surface area contributed by atoms with Crippen LogP contribution in [0, 0.1) is 5.92 Å². The van der Waals surface area contributed by atoms with E-state index in [-0.39, 0.29) is 5.92 Å². The first kappa shape index (κ1) is 16.3. The lowest BCUT2D eigenvalue weighted by Crippen LogP contribution is -2.34. The third-order valence-corrected chi connectivity index (χ3v) is 2.24. The number of hydrogen-bond acceptors (Lipinski definition) is 4. The summed E-state index contributed by atoms with van der Waals surface area (Å²) in [7, 11) is 0. The predicted octanol–water partition coefficient (Wildman–Crippen LogP) is 0.888. The van der Waals surface area contributed by atoms with Crippen LogP contribution in [0.15, 0.2) is 18.3 Å². The van der Waals surface area contributed by atoms with Gasteiger partial charge in [0.1, 0.15) is 11.2 Å². The summed E-state index contributed by atoms with van der Waals surface area (Å²) in [6, 6.07) is 2.33. The van der Waals surface area contributed by atoms with E-state index in [1.165, 1.54) is 18.3 Å². The van der Waals surface area contributed by atoms with Gasteiger partial charge in [-0.25, -0.2) is 4.98 Å². The van der Waals surface area contributed by atoms with Gasteiger partial charge in [0.2, 0.25) is 5.91 Å². The number of nitrogens with two attached hydrogens (primary N) is 2. The Morgan fingerprint density at radius 2 is 1.94 bits per heavy atom. The summed E-state index contributed by atoms with van der Waals surface area (Å²) in [5.74, 6) is -1.41. The molecule has 0 saturated heterocycles. The van der Waals surface area contributed by atoms with E-state index in [9.17, 15) is 9.59 Å². The van der Waals surface area contributed by atoms with Crippen molar-refractivity contribution in [3.05, 3.63) is 29.0 Å². The molecule has 0 aromatic carbocycles. The molecule has 0 aliphatic carbocycles. The van der Waals surface area contributed by atoms with Crippen LogP contribution in [0.25, 0.3) is 0 Å². The van der Waals surface area contributed by atoms with Crippen LogP contribution in [0.1, 0.15) is 24.2 Å². The zero-order valence-electron chi connectivity index (χ0n) is 10.1. The van der Waals surface area contributed by atoms with E-state index in [1.807, 2.05) is 0 Å². The molecule has 1 amide bonds. The van der Waals surface area contributed by atoms with Crippen molar-refractivity contribution in [1.29, 1.82) is 0 Å². The second-order valence-electron chi connectivity index (χ2n) is 3.84. The standard InChI is InChI=1S/C6H5ClN2O.C5H11NO2/c7-5-2-1-4(3-9-5)6(8)10;1-3(2)4(6)5(7)8/h1-3H,(H2,8,10);3-4H,6H2,1-2H3,(H,7,8)/t;4-/m.0/s1. The Balaban J connectivity index is 0.000000331. The number of carboxylic acids is 1. The highest BCUT2D eigenvalue weighted by molar-refractivity contribution is 6.29. The highest BCUT2D eigenvalue weighted by atomic mass is 35.5. The van der Waals surface area contributed by atoms with Crippen molar-refractivity contribution in [1.82, 2.24) is 4.98 Å². The summed E-state index contributed by atoms with van der Waals surface area (Å²) in [6.45, 7) is 3.55. The van der Waals surface area contributed by atoms with E-state index in [4.69, 9.17) is 28.2 Å². The molecule has 0 radical (unpaired) electrons. The predicted molar refractivity (Wildman–Crippen MR) is 68.2 cm³/mol. The Kier molecular flexibility index (Phi) is 6.92. The maximum Gasteiger partial charge on any atom is 0.320 e. The summed E-state index contributed by atoms with van der Waals surface area (Å²) in [5.41, 5.74) is 10.5. The van der Waals surface area contributed by atoms with Gasteiger partial charge in [-0.05, 0) is 18.1 Å². The second-order valence-corrected chi connectivity index (χ2v) is 4.23. The van der Waals surface area contributed by atoms with Gasteiger partial charge < -0.3 is 16.6 Å². The lowest BCUT2D eigenvalue weighted by Gasteiger charge is -2.07. The molecular formula is C11H16ClN3O3. The van der Waals surface area contributed by atoms with Gasteiger partial charge in [0.15, 0.2) is 0 Å². The number of rotatable bonds is 3. The van der Waals surface area contributed by atoms with E-state index < -0.39 is 17.9 Å². The maximum atomic E-state index is 10.5. The molecule has 0 aliphatic rings. The number of nitrogens with zero attached hydrogens (tertiary/aromatic N) is 1. The molecule has 1 aromatic rings. The van der Waals surface area contributed by atoms with E-state index in [2.05, 4.69) is 4.98 Å². The smallest absolute Gasteiger partial charge is 0.320 e. The lowest BCUT2D eigenvalue weighted by molar-refractivity contribution is -0.139. The van der Waals surface area contributed by atoms with E-state index in [1.54, 1.807) is 13.8 Å². The molecule has 0 fully saturated rings. The fourth-order valence-electron chi connectivity index (χ4n) is 0.807. The monoisotopic (exact) mass is 273 g/mol. The molecule has 0 saturated carbocycles. The lowest BCUT2D eigenvalue weighted by atomic mass is 10.1. The topological polar surface area (TPSA) is 119 Å². The fourth-order valence-corrected chi connectivity index (χ4v) is 0.919. The Labute approximate surface area is 110 Å². The van der Waals surface area contributed by atoms with Crippen LogP contribution in [-0.4, -0.2) is 28.0 Å². The first-order valence-corrected chi connectivity index (χ1v) is 5.53. The Hall–Kier alpha value is -1.66. The molecule has 7 heteroatoms. The molecule has 5 N–H and O–H groups in total. The minimum atomic E-state index is -0.931. The van der Waals surface area contributed by atoms with Gasteiger partial charge in [-0.1, -0.05) is 25.4 Å². The molecule has 1 rings (SSSR count). The SMILES string of the molecule is CC(C)[C@H](N)C(=O)O.NC(=O)c1ccc(Cl)nc1. The van der Waals surface area contributed by atoms with Crippen molar-refractivity contribution in [3.8, 4) is 0 Å².